The van der Waals surface area contributed by atoms with Crippen LogP contribution in [0.1, 0.15) is 11.1 Å². The van der Waals surface area contributed by atoms with Gasteiger partial charge in [0.15, 0.2) is 0 Å². The van der Waals surface area contributed by atoms with Gasteiger partial charge in [-0.15, -0.1) is 0 Å². The molecule has 0 amide bonds. The molecule has 0 aliphatic carbocycles. The molecule has 3 nitrogen and oxygen atoms in total. The van der Waals surface area contributed by atoms with Crippen LogP contribution in [0.25, 0.3) is 0 Å². The molecule has 0 spiro atoms. The highest BCUT2D eigenvalue weighted by Crippen LogP contribution is 2.19. The van der Waals surface area contributed by atoms with E-state index in [1.54, 1.807) is 18.3 Å². The summed E-state index contributed by atoms with van der Waals surface area (Å²) in [5.74, 6) is 0.364. The standard InChI is InChI=1S/C13H12ClNO2S/c14-12-2-1-7-15-13(12)18(17)9-11-5-3-10(8-16)4-6-11/h1-7,16H,8-9H2. The molecule has 18 heavy (non-hydrogen) atoms. The highest BCUT2D eigenvalue weighted by molar-refractivity contribution is 7.84. The van der Waals surface area contributed by atoms with Crippen LogP contribution in [0.3, 0.4) is 0 Å². The van der Waals surface area contributed by atoms with Gasteiger partial charge in [-0.25, -0.2) is 4.98 Å². The fourth-order valence-corrected chi connectivity index (χ4v) is 2.97. The van der Waals surface area contributed by atoms with Gasteiger partial charge in [-0.1, -0.05) is 35.9 Å². The van der Waals surface area contributed by atoms with E-state index in [0.29, 0.717) is 15.8 Å². The summed E-state index contributed by atoms with van der Waals surface area (Å²) in [4.78, 5) is 4.04. The summed E-state index contributed by atoms with van der Waals surface area (Å²) in [5, 5.41) is 9.76. The summed E-state index contributed by atoms with van der Waals surface area (Å²) in [6, 6.07) is 10.7. The van der Waals surface area contributed by atoms with E-state index in [1.807, 2.05) is 24.3 Å². The smallest absolute Gasteiger partial charge is 0.146 e. The second-order valence-electron chi connectivity index (χ2n) is 3.75. The van der Waals surface area contributed by atoms with Crippen molar-refractivity contribution in [2.45, 2.75) is 17.4 Å². The topological polar surface area (TPSA) is 50.2 Å². The summed E-state index contributed by atoms with van der Waals surface area (Å²) in [6.45, 7) is 0.00936. The van der Waals surface area contributed by atoms with Crippen molar-refractivity contribution in [3.05, 3.63) is 58.7 Å². The van der Waals surface area contributed by atoms with Crippen LogP contribution in [0.5, 0.6) is 0 Å². The lowest BCUT2D eigenvalue weighted by Crippen LogP contribution is -2.00. The van der Waals surface area contributed by atoms with Crippen LogP contribution < -0.4 is 0 Å². The van der Waals surface area contributed by atoms with Gasteiger partial charge >= 0.3 is 0 Å². The van der Waals surface area contributed by atoms with Crippen LogP contribution >= 0.6 is 11.6 Å². The van der Waals surface area contributed by atoms with Gasteiger partial charge in [0.1, 0.15) is 5.03 Å². The van der Waals surface area contributed by atoms with Crippen LogP contribution in [-0.2, 0) is 23.2 Å². The molecule has 0 saturated carbocycles. The van der Waals surface area contributed by atoms with E-state index in [4.69, 9.17) is 16.7 Å². The Balaban J connectivity index is 2.14. The first-order valence-corrected chi connectivity index (χ1v) is 7.08. The van der Waals surface area contributed by atoms with Gasteiger partial charge in [-0.3, -0.25) is 4.21 Å². The fourth-order valence-electron chi connectivity index (χ4n) is 1.50. The van der Waals surface area contributed by atoms with E-state index in [9.17, 15) is 4.21 Å². The molecule has 94 valence electrons. The van der Waals surface area contributed by atoms with Crippen LogP contribution in [0.15, 0.2) is 47.6 Å². The maximum Gasteiger partial charge on any atom is 0.146 e. The number of hydrogen-bond acceptors (Lipinski definition) is 3. The van der Waals surface area contributed by atoms with Crippen molar-refractivity contribution in [1.82, 2.24) is 4.98 Å². The SMILES string of the molecule is O=S(Cc1ccc(CO)cc1)c1ncccc1Cl. The average molecular weight is 282 g/mol. The van der Waals surface area contributed by atoms with E-state index in [0.717, 1.165) is 11.1 Å². The zero-order valence-electron chi connectivity index (χ0n) is 9.54. The Labute approximate surface area is 113 Å². The first-order chi connectivity index (χ1) is 8.70. The van der Waals surface area contributed by atoms with Crippen molar-refractivity contribution in [2.24, 2.45) is 0 Å². The number of pyridine rings is 1. The average Bonchev–Trinajstić information content (AvgIpc) is 2.40. The number of rotatable bonds is 4. The summed E-state index contributed by atoms with van der Waals surface area (Å²) in [7, 11) is -1.26. The van der Waals surface area contributed by atoms with Gasteiger partial charge in [0.25, 0.3) is 0 Å². The van der Waals surface area contributed by atoms with Gasteiger partial charge in [-0.05, 0) is 23.3 Å². The molecule has 0 radical (unpaired) electrons. The van der Waals surface area contributed by atoms with Crippen molar-refractivity contribution in [1.29, 1.82) is 0 Å². The Morgan fingerprint density at radius 2 is 1.83 bits per heavy atom. The monoisotopic (exact) mass is 281 g/mol. The van der Waals surface area contributed by atoms with Crippen molar-refractivity contribution in [2.75, 3.05) is 0 Å². The van der Waals surface area contributed by atoms with Crippen LogP contribution in [0.2, 0.25) is 5.02 Å². The number of aromatic nitrogens is 1. The van der Waals surface area contributed by atoms with E-state index in [-0.39, 0.29) is 6.61 Å². The number of aliphatic hydroxyl groups is 1. The Morgan fingerprint density at radius 3 is 2.44 bits per heavy atom. The van der Waals surface area contributed by atoms with Crippen LogP contribution in [0, 0.1) is 0 Å². The third-order valence-corrected chi connectivity index (χ3v) is 4.21. The van der Waals surface area contributed by atoms with Gasteiger partial charge in [-0.2, -0.15) is 0 Å². The number of hydrogen-bond donors (Lipinski definition) is 1. The molecule has 0 aliphatic rings. The minimum absolute atomic E-state index is 0.00936. The molecule has 0 bridgehead atoms. The number of benzene rings is 1. The van der Waals surface area contributed by atoms with Crippen molar-refractivity contribution in [3.63, 3.8) is 0 Å². The van der Waals surface area contributed by atoms with Crippen LogP contribution in [0.4, 0.5) is 0 Å². The minimum atomic E-state index is -1.26. The molecule has 1 aromatic carbocycles. The van der Waals surface area contributed by atoms with E-state index >= 15 is 0 Å². The highest BCUT2D eigenvalue weighted by Gasteiger charge is 2.10. The molecule has 0 aliphatic heterocycles. The molecular formula is C13H12ClNO2S. The molecule has 1 atom stereocenters. The molecule has 1 N–H and O–H groups in total. The largest absolute Gasteiger partial charge is 0.392 e. The Hall–Kier alpha value is -1.23. The van der Waals surface area contributed by atoms with Crippen molar-refractivity contribution in [3.8, 4) is 0 Å². The molecule has 5 heteroatoms. The predicted octanol–water partition coefficient (Wildman–Crippen LogP) is 2.54. The lowest BCUT2D eigenvalue weighted by atomic mass is 10.2. The normalized spacial score (nSPS) is 12.3. The summed E-state index contributed by atoms with van der Waals surface area (Å²) in [6.07, 6.45) is 1.58. The lowest BCUT2D eigenvalue weighted by Gasteiger charge is -2.04. The van der Waals surface area contributed by atoms with E-state index in [2.05, 4.69) is 4.98 Å². The predicted molar refractivity (Wildman–Crippen MR) is 71.7 cm³/mol. The lowest BCUT2D eigenvalue weighted by molar-refractivity contribution is 0.282. The van der Waals surface area contributed by atoms with Gasteiger partial charge in [0.2, 0.25) is 0 Å². The van der Waals surface area contributed by atoms with Crippen molar-refractivity contribution < 1.29 is 9.32 Å². The first-order valence-electron chi connectivity index (χ1n) is 5.38. The van der Waals surface area contributed by atoms with Gasteiger partial charge in [0.05, 0.1) is 28.2 Å². The maximum atomic E-state index is 12.1. The molecule has 2 aromatic rings. The zero-order chi connectivity index (χ0) is 13.0. The Bertz CT molecular complexity index is 557. The van der Waals surface area contributed by atoms with Crippen molar-refractivity contribution >= 4 is 22.4 Å². The second-order valence-corrected chi connectivity index (χ2v) is 5.53. The molecule has 1 unspecified atom stereocenters. The minimum Gasteiger partial charge on any atom is -0.392 e. The molecule has 1 heterocycles. The molecular weight excluding hydrogens is 270 g/mol. The maximum absolute atomic E-state index is 12.1. The van der Waals surface area contributed by atoms with Gasteiger partial charge in [0, 0.05) is 6.20 Å². The van der Waals surface area contributed by atoms with Gasteiger partial charge < -0.3 is 5.11 Å². The molecule has 0 fully saturated rings. The van der Waals surface area contributed by atoms with E-state index in [1.165, 1.54) is 0 Å². The summed E-state index contributed by atoms with van der Waals surface area (Å²) >= 11 is 5.94. The zero-order valence-corrected chi connectivity index (χ0v) is 11.1. The Morgan fingerprint density at radius 1 is 1.17 bits per heavy atom. The number of halogens is 1. The molecule has 1 aromatic heterocycles. The quantitative estimate of drug-likeness (QED) is 0.937. The second kappa shape index (κ2) is 6.09. The molecule has 2 rings (SSSR count). The summed E-state index contributed by atoms with van der Waals surface area (Å²) < 4.78 is 12.1. The molecule has 0 saturated heterocycles. The van der Waals surface area contributed by atoms with E-state index < -0.39 is 10.8 Å². The van der Waals surface area contributed by atoms with Crippen LogP contribution in [-0.4, -0.2) is 14.3 Å². The first kappa shape index (κ1) is 13.2. The number of aliphatic hydroxyl groups excluding tert-OH is 1. The fraction of sp³-hybridized carbons (Fsp3) is 0.154. The third-order valence-electron chi connectivity index (χ3n) is 2.44. The summed E-state index contributed by atoms with van der Waals surface area (Å²) in [5.41, 5.74) is 1.76. The highest BCUT2D eigenvalue weighted by atomic mass is 35.5. The Kier molecular flexibility index (Phi) is 4.47. The third kappa shape index (κ3) is 3.16. The number of nitrogens with zero attached hydrogens (tertiary/aromatic N) is 1.